The minimum Gasteiger partial charge on any atom is -0.496 e. The van der Waals surface area contributed by atoms with Crippen LogP contribution in [0.3, 0.4) is 0 Å². The maximum absolute atomic E-state index is 5.74. The Hall–Kier alpha value is -1.22. The summed E-state index contributed by atoms with van der Waals surface area (Å²) in [5.41, 5.74) is 8.33. The third-order valence-electron chi connectivity index (χ3n) is 3.54. The summed E-state index contributed by atoms with van der Waals surface area (Å²) in [6, 6.07) is 6.28. The van der Waals surface area contributed by atoms with Crippen molar-refractivity contribution >= 4 is 5.69 Å². The van der Waals surface area contributed by atoms with Crippen molar-refractivity contribution in [2.24, 2.45) is 11.1 Å². The fourth-order valence-corrected chi connectivity index (χ4v) is 1.94. The third kappa shape index (κ3) is 4.75. The first kappa shape index (κ1) is 15.8. The molecule has 0 aliphatic rings. The molecule has 0 aromatic heterocycles. The van der Waals surface area contributed by atoms with Crippen LogP contribution in [0.25, 0.3) is 0 Å². The van der Waals surface area contributed by atoms with Crippen LogP contribution in [0, 0.1) is 5.41 Å². The summed E-state index contributed by atoms with van der Waals surface area (Å²) < 4.78 is 5.39. The number of nitrogens with two attached hydrogens (primary N) is 1. The maximum atomic E-state index is 5.74. The van der Waals surface area contributed by atoms with Gasteiger partial charge in [-0.25, -0.2) is 0 Å². The first-order valence-electron chi connectivity index (χ1n) is 7.01. The Bertz CT molecular complexity index is 400. The van der Waals surface area contributed by atoms with Gasteiger partial charge in [-0.15, -0.1) is 0 Å². The van der Waals surface area contributed by atoms with Gasteiger partial charge < -0.3 is 15.8 Å². The van der Waals surface area contributed by atoms with Gasteiger partial charge in [-0.05, 0) is 48.1 Å². The van der Waals surface area contributed by atoms with E-state index in [-0.39, 0.29) is 5.41 Å². The summed E-state index contributed by atoms with van der Waals surface area (Å²) in [6.07, 6.45) is 1.06. The molecule has 0 heterocycles. The lowest BCUT2D eigenvalue weighted by atomic mass is 9.89. The van der Waals surface area contributed by atoms with Crippen LogP contribution < -0.4 is 15.8 Å². The highest BCUT2D eigenvalue weighted by atomic mass is 16.5. The molecule has 0 bridgehead atoms. The maximum Gasteiger partial charge on any atom is 0.122 e. The standard InChI is InChI=1S/C16H28N2O/c1-12(2)14-10-13(6-7-15(14)19-5)18-9-8-16(3,4)11-17/h6-7,10,12,18H,8-9,11,17H2,1-5H3. The van der Waals surface area contributed by atoms with Crippen molar-refractivity contribution in [3.05, 3.63) is 23.8 Å². The van der Waals surface area contributed by atoms with Gasteiger partial charge in [0.15, 0.2) is 0 Å². The lowest BCUT2D eigenvalue weighted by molar-refractivity contribution is 0.358. The molecule has 3 nitrogen and oxygen atoms in total. The monoisotopic (exact) mass is 264 g/mol. The molecule has 0 fully saturated rings. The largest absolute Gasteiger partial charge is 0.496 e. The molecule has 0 amide bonds. The van der Waals surface area contributed by atoms with Crippen molar-refractivity contribution in [3.8, 4) is 5.75 Å². The van der Waals surface area contributed by atoms with Crippen LogP contribution in [-0.2, 0) is 0 Å². The van der Waals surface area contributed by atoms with Gasteiger partial charge in [0, 0.05) is 12.2 Å². The van der Waals surface area contributed by atoms with Crippen LogP contribution in [0.2, 0.25) is 0 Å². The van der Waals surface area contributed by atoms with Crippen molar-refractivity contribution in [1.82, 2.24) is 0 Å². The van der Waals surface area contributed by atoms with Gasteiger partial charge in [0.2, 0.25) is 0 Å². The molecule has 0 aliphatic heterocycles. The molecule has 108 valence electrons. The Balaban J connectivity index is 2.67. The second kappa shape index (κ2) is 6.80. The number of hydrogen-bond acceptors (Lipinski definition) is 3. The predicted molar refractivity (Wildman–Crippen MR) is 83.0 cm³/mol. The summed E-state index contributed by atoms with van der Waals surface area (Å²) in [6.45, 7) is 10.4. The number of rotatable bonds is 7. The zero-order valence-electron chi connectivity index (χ0n) is 12.9. The molecule has 0 aliphatic carbocycles. The van der Waals surface area contributed by atoms with E-state index in [1.807, 2.05) is 6.07 Å². The summed E-state index contributed by atoms with van der Waals surface area (Å²) >= 11 is 0. The highest BCUT2D eigenvalue weighted by Crippen LogP contribution is 2.29. The van der Waals surface area contributed by atoms with Crippen LogP contribution in [0.15, 0.2) is 18.2 Å². The van der Waals surface area contributed by atoms with E-state index in [2.05, 4.69) is 45.1 Å². The Labute approximate surface area is 117 Å². The van der Waals surface area contributed by atoms with Gasteiger partial charge in [0.05, 0.1) is 7.11 Å². The number of nitrogens with one attached hydrogen (secondary N) is 1. The van der Waals surface area contributed by atoms with Crippen molar-refractivity contribution in [1.29, 1.82) is 0 Å². The molecule has 1 aromatic carbocycles. The van der Waals surface area contributed by atoms with E-state index < -0.39 is 0 Å². The van der Waals surface area contributed by atoms with E-state index in [4.69, 9.17) is 10.5 Å². The van der Waals surface area contributed by atoms with E-state index in [0.29, 0.717) is 12.5 Å². The summed E-state index contributed by atoms with van der Waals surface area (Å²) in [5.74, 6) is 1.42. The van der Waals surface area contributed by atoms with Gasteiger partial charge in [0.1, 0.15) is 5.75 Å². The van der Waals surface area contributed by atoms with Gasteiger partial charge in [-0.1, -0.05) is 27.7 Å². The van der Waals surface area contributed by atoms with E-state index in [1.165, 1.54) is 5.56 Å². The summed E-state index contributed by atoms with van der Waals surface area (Å²) in [4.78, 5) is 0. The van der Waals surface area contributed by atoms with Crippen LogP contribution >= 0.6 is 0 Å². The third-order valence-corrected chi connectivity index (χ3v) is 3.54. The molecule has 0 saturated heterocycles. The van der Waals surface area contributed by atoms with Gasteiger partial charge in [-0.3, -0.25) is 0 Å². The smallest absolute Gasteiger partial charge is 0.122 e. The van der Waals surface area contributed by atoms with Crippen LogP contribution in [-0.4, -0.2) is 20.2 Å². The highest BCUT2D eigenvalue weighted by Gasteiger charge is 2.15. The molecule has 3 heteroatoms. The highest BCUT2D eigenvalue weighted by molar-refractivity contribution is 5.52. The molecule has 3 N–H and O–H groups in total. The molecule has 1 rings (SSSR count). The molecule has 0 spiro atoms. The zero-order chi connectivity index (χ0) is 14.5. The van der Waals surface area contributed by atoms with Crippen LogP contribution in [0.1, 0.15) is 45.6 Å². The predicted octanol–water partition coefficient (Wildman–Crippen LogP) is 3.61. The fourth-order valence-electron chi connectivity index (χ4n) is 1.94. The Morgan fingerprint density at radius 2 is 2.00 bits per heavy atom. The number of anilines is 1. The topological polar surface area (TPSA) is 47.3 Å². The first-order valence-corrected chi connectivity index (χ1v) is 7.01. The van der Waals surface area contributed by atoms with Crippen molar-refractivity contribution in [3.63, 3.8) is 0 Å². The summed E-state index contributed by atoms with van der Waals surface area (Å²) in [7, 11) is 1.72. The molecule has 0 unspecified atom stereocenters. The Morgan fingerprint density at radius 3 is 2.53 bits per heavy atom. The van der Waals surface area contributed by atoms with Gasteiger partial charge in [-0.2, -0.15) is 0 Å². The Kier molecular flexibility index (Phi) is 5.67. The number of ether oxygens (including phenoxy) is 1. The van der Waals surface area contributed by atoms with E-state index in [1.54, 1.807) is 7.11 Å². The molecular formula is C16H28N2O. The SMILES string of the molecule is COc1ccc(NCCC(C)(C)CN)cc1C(C)C. The van der Waals surface area contributed by atoms with Gasteiger partial charge in [0.25, 0.3) is 0 Å². The van der Waals surface area contributed by atoms with Crippen molar-refractivity contribution in [2.75, 3.05) is 25.5 Å². The fraction of sp³-hybridized carbons (Fsp3) is 0.625. The number of hydrogen-bond donors (Lipinski definition) is 2. The molecule has 1 aromatic rings. The second-order valence-corrected chi connectivity index (χ2v) is 6.16. The zero-order valence-corrected chi connectivity index (χ0v) is 12.9. The minimum atomic E-state index is 0.195. The minimum absolute atomic E-state index is 0.195. The lowest BCUT2D eigenvalue weighted by Gasteiger charge is -2.23. The number of methoxy groups -OCH3 is 1. The van der Waals surface area contributed by atoms with Crippen LogP contribution in [0.5, 0.6) is 5.75 Å². The van der Waals surface area contributed by atoms with E-state index in [0.717, 1.165) is 24.4 Å². The number of benzene rings is 1. The van der Waals surface area contributed by atoms with Crippen molar-refractivity contribution in [2.45, 2.75) is 40.0 Å². The van der Waals surface area contributed by atoms with E-state index >= 15 is 0 Å². The van der Waals surface area contributed by atoms with Gasteiger partial charge >= 0.3 is 0 Å². The second-order valence-electron chi connectivity index (χ2n) is 6.16. The molecular weight excluding hydrogens is 236 g/mol. The quantitative estimate of drug-likeness (QED) is 0.791. The molecule has 0 radical (unpaired) electrons. The van der Waals surface area contributed by atoms with Crippen LogP contribution in [0.4, 0.5) is 5.69 Å². The summed E-state index contributed by atoms with van der Waals surface area (Å²) in [5, 5.41) is 3.47. The van der Waals surface area contributed by atoms with E-state index in [9.17, 15) is 0 Å². The molecule has 0 saturated carbocycles. The molecule has 19 heavy (non-hydrogen) atoms. The first-order chi connectivity index (χ1) is 8.89. The normalized spacial score (nSPS) is 11.7. The van der Waals surface area contributed by atoms with Crippen molar-refractivity contribution < 1.29 is 4.74 Å². The Morgan fingerprint density at radius 1 is 1.32 bits per heavy atom. The average molecular weight is 264 g/mol. The molecule has 0 atom stereocenters. The average Bonchev–Trinajstić information content (AvgIpc) is 2.38. The lowest BCUT2D eigenvalue weighted by Crippen LogP contribution is -2.26.